The number of benzene rings is 2. The van der Waals surface area contributed by atoms with E-state index in [0.29, 0.717) is 6.54 Å². The van der Waals surface area contributed by atoms with E-state index < -0.39 is 11.9 Å². The van der Waals surface area contributed by atoms with Gasteiger partial charge in [-0.1, -0.05) is 12.1 Å². The molecule has 0 bridgehead atoms. The van der Waals surface area contributed by atoms with Gasteiger partial charge in [0, 0.05) is 12.6 Å². The van der Waals surface area contributed by atoms with Crippen molar-refractivity contribution in [3.05, 3.63) is 65.0 Å². The van der Waals surface area contributed by atoms with Crippen LogP contribution in [0.15, 0.2) is 42.5 Å². The van der Waals surface area contributed by atoms with Gasteiger partial charge in [0.15, 0.2) is 0 Å². The van der Waals surface area contributed by atoms with Crippen molar-refractivity contribution in [1.29, 1.82) is 0 Å². The summed E-state index contributed by atoms with van der Waals surface area (Å²) < 4.78 is 22.6. The summed E-state index contributed by atoms with van der Waals surface area (Å²) in [5, 5.41) is 2.70. The molecule has 30 heavy (non-hydrogen) atoms. The van der Waals surface area contributed by atoms with Gasteiger partial charge in [-0.2, -0.15) is 0 Å². The van der Waals surface area contributed by atoms with Gasteiger partial charge in [0.2, 0.25) is 5.91 Å². The van der Waals surface area contributed by atoms with E-state index in [1.807, 2.05) is 4.90 Å². The van der Waals surface area contributed by atoms with E-state index in [2.05, 4.69) is 5.32 Å². The van der Waals surface area contributed by atoms with Crippen LogP contribution in [0.4, 0.5) is 10.1 Å². The SMILES string of the molecule is COC(=O)c1ccc(C(=O)OC)c(NC(=O)CN(Cc2ccc(F)cc2)C2CC2)c1. The fraction of sp³-hybridized carbons (Fsp3) is 0.318. The second-order valence-corrected chi connectivity index (χ2v) is 7.05. The summed E-state index contributed by atoms with van der Waals surface area (Å²) in [7, 11) is 2.48. The minimum atomic E-state index is -0.632. The Kier molecular flexibility index (Phi) is 6.79. The number of hydrogen-bond donors (Lipinski definition) is 1. The molecule has 0 unspecified atom stereocenters. The lowest BCUT2D eigenvalue weighted by molar-refractivity contribution is -0.117. The Morgan fingerprint density at radius 2 is 1.70 bits per heavy atom. The van der Waals surface area contributed by atoms with E-state index in [1.54, 1.807) is 12.1 Å². The first-order valence-corrected chi connectivity index (χ1v) is 9.50. The Labute approximate surface area is 173 Å². The molecule has 1 saturated carbocycles. The number of hydrogen-bond acceptors (Lipinski definition) is 6. The number of carbonyl (C=O) groups excluding carboxylic acids is 3. The topological polar surface area (TPSA) is 84.9 Å². The summed E-state index contributed by atoms with van der Waals surface area (Å²) >= 11 is 0. The monoisotopic (exact) mass is 414 g/mol. The summed E-state index contributed by atoms with van der Waals surface area (Å²) in [5.74, 6) is -1.86. The largest absolute Gasteiger partial charge is 0.465 e. The number of nitrogens with zero attached hydrogens (tertiary/aromatic N) is 1. The molecule has 8 heteroatoms. The van der Waals surface area contributed by atoms with Crippen LogP contribution in [-0.2, 0) is 20.8 Å². The molecule has 0 spiro atoms. The number of anilines is 1. The van der Waals surface area contributed by atoms with Crippen LogP contribution in [-0.4, -0.2) is 49.6 Å². The van der Waals surface area contributed by atoms with E-state index in [1.165, 1.54) is 44.6 Å². The van der Waals surface area contributed by atoms with Crippen LogP contribution in [0.2, 0.25) is 0 Å². The van der Waals surface area contributed by atoms with E-state index in [9.17, 15) is 18.8 Å². The van der Waals surface area contributed by atoms with Gasteiger partial charge in [0.05, 0.1) is 37.6 Å². The number of esters is 2. The molecule has 1 amide bonds. The number of amides is 1. The number of nitrogens with one attached hydrogen (secondary N) is 1. The Morgan fingerprint density at radius 3 is 2.30 bits per heavy atom. The third-order valence-electron chi connectivity index (χ3n) is 4.83. The highest BCUT2D eigenvalue weighted by atomic mass is 19.1. The molecule has 0 atom stereocenters. The fourth-order valence-electron chi connectivity index (χ4n) is 3.13. The molecule has 2 aromatic carbocycles. The quantitative estimate of drug-likeness (QED) is 0.669. The Bertz CT molecular complexity index is 941. The molecule has 0 radical (unpaired) electrons. The smallest absolute Gasteiger partial charge is 0.339 e. The number of ether oxygens (including phenoxy) is 2. The van der Waals surface area contributed by atoms with Crippen LogP contribution < -0.4 is 5.32 Å². The molecule has 1 fully saturated rings. The maximum Gasteiger partial charge on any atom is 0.339 e. The van der Waals surface area contributed by atoms with Crippen LogP contribution in [0.1, 0.15) is 39.1 Å². The molecule has 0 aliphatic heterocycles. The Balaban J connectivity index is 1.75. The van der Waals surface area contributed by atoms with Gasteiger partial charge in [-0.15, -0.1) is 0 Å². The standard InChI is InChI=1S/C22H23FN2O5/c1-29-21(27)15-5-10-18(22(28)30-2)19(11-15)24-20(26)13-25(17-8-9-17)12-14-3-6-16(23)7-4-14/h3-7,10-11,17H,8-9,12-13H2,1-2H3,(H,24,26). The predicted octanol–water partition coefficient (Wildman–Crippen LogP) is 3.00. The average molecular weight is 414 g/mol. The van der Waals surface area contributed by atoms with Crippen LogP contribution in [0.5, 0.6) is 0 Å². The van der Waals surface area contributed by atoms with Gasteiger partial charge in [-0.05, 0) is 48.7 Å². The maximum atomic E-state index is 13.1. The lowest BCUT2D eigenvalue weighted by atomic mass is 10.1. The zero-order chi connectivity index (χ0) is 21.7. The van der Waals surface area contributed by atoms with Crippen molar-refractivity contribution in [2.24, 2.45) is 0 Å². The lowest BCUT2D eigenvalue weighted by Gasteiger charge is -2.22. The van der Waals surface area contributed by atoms with Gasteiger partial charge >= 0.3 is 11.9 Å². The van der Waals surface area contributed by atoms with Crippen molar-refractivity contribution in [3.8, 4) is 0 Å². The number of methoxy groups -OCH3 is 2. The van der Waals surface area contributed by atoms with Crippen molar-refractivity contribution in [3.63, 3.8) is 0 Å². The van der Waals surface area contributed by atoms with E-state index in [0.717, 1.165) is 18.4 Å². The molecule has 7 nitrogen and oxygen atoms in total. The molecule has 0 aromatic heterocycles. The molecule has 158 valence electrons. The van der Waals surface area contributed by atoms with E-state index in [4.69, 9.17) is 9.47 Å². The van der Waals surface area contributed by atoms with Crippen molar-refractivity contribution < 1.29 is 28.2 Å². The van der Waals surface area contributed by atoms with Crippen molar-refractivity contribution in [1.82, 2.24) is 4.90 Å². The van der Waals surface area contributed by atoms with Crippen LogP contribution in [0.3, 0.4) is 0 Å². The average Bonchev–Trinajstić information content (AvgIpc) is 3.59. The van der Waals surface area contributed by atoms with Crippen molar-refractivity contribution in [2.45, 2.75) is 25.4 Å². The zero-order valence-electron chi connectivity index (χ0n) is 16.8. The van der Waals surface area contributed by atoms with Crippen LogP contribution in [0.25, 0.3) is 0 Å². The zero-order valence-corrected chi connectivity index (χ0v) is 16.8. The highest BCUT2D eigenvalue weighted by Gasteiger charge is 2.30. The molecule has 0 heterocycles. The Morgan fingerprint density at radius 1 is 1.03 bits per heavy atom. The Hall–Kier alpha value is -3.26. The van der Waals surface area contributed by atoms with Gasteiger partial charge < -0.3 is 14.8 Å². The molecule has 1 aliphatic carbocycles. The number of halogens is 1. The third kappa shape index (κ3) is 5.42. The highest BCUT2D eigenvalue weighted by molar-refractivity contribution is 6.03. The minimum absolute atomic E-state index is 0.0884. The normalized spacial score (nSPS) is 13.1. The van der Waals surface area contributed by atoms with Gasteiger partial charge in [0.1, 0.15) is 5.82 Å². The third-order valence-corrected chi connectivity index (χ3v) is 4.83. The first kappa shape index (κ1) is 21.4. The minimum Gasteiger partial charge on any atom is -0.465 e. The second-order valence-electron chi connectivity index (χ2n) is 7.05. The summed E-state index contributed by atoms with van der Waals surface area (Å²) in [6.45, 7) is 0.593. The molecule has 1 N–H and O–H groups in total. The lowest BCUT2D eigenvalue weighted by Crippen LogP contribution is -2.34. The molecule has 2 aromatic rings. The number of rotatable bonds is 8. The molecule has 1 aliphatic rings. The predicted molar refractivity (Wildman–Crippen MR) is 108 cm³/mol. The van der Waals surface area contributed by atoms with Gasteiger partial charge in [0.25, 0.3) is 0 Å². The molecular formula is C22H23FN2O5. The second kappa shape index (κ2) is 9.49. The van der Waals surface area contributed by atoms with Crippen molar-refractivity contribution in [2.75, 3.05) is 26.1 Å². The first-order valence-electron chi connectivity index (χ1n) is 9.50. The van der Waals surface area contributed by atoms with Gasteiger partial charge in [-0.3, -0.25) is 9.69 Å². The van der Waals surface area contributed by atoms with E-state index in [-0.39, 0.29) is 41.1 Å². The summed E-state index contributed by atoms with van der Waals surface area (Å²) in [6, 6.07) is 10.7. The van der Waals surface area contributed by atoms with Crippen LogP contribution in [0, 0.1) is 5.82 Å². The van der Waals surface area contributed by atoms with E-state index >= 15 is 0 Å². The summed E-state index contributed by atoms with van der Waals surface area (Å²) in [4.78, 5) is 38.6. The highest BCUT2D eigenvalue weighted by Crippen LogP contribution is 2.28. The molecule has 0 saturated heterocycles. The molecule has 3 rings (SSSR count). The number of carbonyl (C=O) groups is 3. The summed E-state index contributed by atoms with van der Waals surface area (Å²) in [5.41, 5.74) is 1.41. The van der Waals surface area contributed by atoms with Gasteiger partial charge in [-0.25, -0.2) is 14.0 Å². The van der Waals surface area contributed by atoms with Crippen LogP contribution >= 0.6 is 0 Å². The fourth-order valence-corrected chi connectivity index (χ4v) is 3.13. The summed E-state index contributed by atoms with van der Waals surface area (Å²) in [6.07, 6.45) is 1.97. The maximum absolute atomic E-state index is 13.1. The first-order chi connectivity index (χ1) is 14.4. The molecular weight excluding hydrogens is 391 g/mol. The van der Waals surface area contributed by atoms with Crippen molar-refractivity contribution >= 4 is 23.5 Å².